The van der Waals surface area contributed by atoms with Gasteiger partial charge in [0.1, 0.15) is 0 Å². The average Bonchev–Trinajstić information content (AvgIpc) is 2.53. The van der Waals surface area contributed by atoms with Gasteiger partial charge in [-0.3, -0.25) is 0 Å². The Morgan fingerprint density at radius 1 is 1.20 bits per heavy atom. The number of aliphatic hydroxyl groups is 1. The van der Waals surface area contributed by atoms with Crippen LogP contribution in [0.5, 0.6) is 0 Å². The van der Waals surface area contributed by atoms with Crippen LogP contribution in [0.2, 0.25) is 0 Å². The maximum absolute atomic E-state index is 9.68. The van der Waals surface area contributed by atoms with Gasteiger partial charge in [0.05, 0.1) is 31.8 Å². The van der Waals surface area contributed by atoms with E-state index in [1.807, 2.05) is 20.8 Å². The van der Waals surface area contributed by atoms with E-state index in [0.29, 0.717) is 32.7 Å². The second-order valence-electron chi connectivity index (χ2n) is 5.46. The zero-order chi connectivity index (χ0) is 15.3. The third-order valence-electron chi connectivity index (χ3n) is 4.03. The van der Waals surface area contributed by atoms with Gasteiger partial charge in [0.25, 0.3) is 5.97 Å². The van der Waals surface area contributed by atoms with Gasteiger partial charge in [0, 0.05) is 20.6 Å². The number of hydrogen-bond donors (Lipinski definition) is 1. The summed E-state index contributed by atoms with van der Waals surface area (Å²) >= 11 is 0. The summed E-state index contributed by atoms with van der Waals surface area (Å²) in [6.45, 7) is 6.61. The van der Waals surface area contributed by atoms with Gasteiger partial charge in [0.2, 0.25) is 0 Å². The topological polar surface area (TPSA) is 66.4 Å². The zero-order valence-electron chi connectivity index (χ0n) is 13.2. The SMILES string of the molecule is CCC(C)(OC)OCC1(CO)COC(CC)(OC)OC1. The highest BCUT2D eigenvalue weighted by Gasteiger charge is 2.45. The molecule has 0 bridgehead atoms. The summed E-state index contributed by atoms with van der Waals surface area (Å²) in [5.41, 5.74) is -0.591. The van der Waals surface area contributed by atoms with E-state index < -0.39 is 17.2 Å². The lowest BCUT2D eigenvalue weighted by Crippen LogP contribution is -2.54. The van der Waals surface area contributed by atoms with Crippen molar-refractivity contribution in [1.29, 1.82) is 0 Å². The Balaban J connectivity index is 2.63. The largest absolute Gasteiger partial charge is 0.396 e. The first-order valence-electron chi connectivity index (χ1n) is 7.05. The summed E-state index contributed by atoms with van der Waals surface area (Å²) in [5.74, 6) is -1.67. The first kappa shape index (κ1) is 17.8. The fourth-order valence-corrected chi connectivity index (χ4v) is 1.91. The highest BCUT2D eigenvalue weighted by atomic mass is 16.9. The summed E-state index contributed by atoms with van der Waals surface area (Å²) in [4.78, 5) is 0. The third kappa shape index (κ3) is 3.90. The van der Waals surface area contributed by atoms with Crippen LogP contribution >= 0.6 is 0 Å². The lowest BCUT2D eigenvalue weighted by atomic mass is 9.91. The number of ether oxygens (including phenoxy) is 5. The molecule has 0 aromatic carbocycles. The minimum Gasteiger partial charge on any atom is -0.396 e. The van der Waals surface area contributed by atoms with Crippen molar-refractivity contribution >= 4 is 0 Å². The molecule has 6 heteroatoms. The van der Waals surface area contributed by atoms with Gasteiger partial charge >= 0.3 is 0 Å². The van der Waals surface area contributed by atoms with Crippen molar-refractivity contribution in [1.82, 2.24) is 0 Å². The quantitative estimate of drug-likeness (QED) is 0.684. The van der Waals surface area contributed by atoms with Crippen LogP contribution < -0.4 is 0 Å². The molecule has 1 aliphatic heterocycles. The molecule has 0 aromatic rings. The van der Waals surface area contributed by atoms with Crippen LogP contribution in [-0.4, -0.2) is 57.5 Å². The van der Waals surface area contributed by atoms with E-state index >= 15 is 0 Å². The van der Waals surface area contributed by atoms with Crippen LogP contribution in [0.25, 0.3) is 0 Å². The molecule has 1 atom stereocenters. The molecule has 0 spiro atoms. The van der Waals surface area contributed by atoms with E-state index in [-0.39, 0.29) is 6.61 Å². The highest BCUT2D eigenvalue weighted by molar-refractivity contribution is 4.83. The molecule has 1 aliphatic rings. The number of methoxy groups -OCH3 is 2. The van der Waals surface area contributed by atoms with Crippen molar-refractivity contribution in [3.05, 3.63) is 0 Å². The van der Waals surface area contributed by atoms with Gasteiger partial charge in [-0.2, -0.15) is 0 Å². The Labute approximate surface area is 121 Å². The maximum atomic E-state index is 9.68. The normalized spacial score (nSPS) is 33.9. The van der Waals surface area contributed by atoms with Gasteiger partial charge in [-0.15, -0.1) is 0 Å². The first-order valence-corrected chi connectivity index (χ1v) is 7.05. The molecule has 1 heterocycles. The van der Waals surface area contributed by atoms with Crippen molar-refractivity contribution in [2.45, 2.75) is 45.4 Å². The summed E-state index contributed by atoms with van der Waals surface area (Å²) in [6, 6.07) is 0. The molecule has 1 rings (SSSR count). The van der Waals surface area contributed by atoms with E-state index in [4.69, 9.17) is 23.7 Å². The second-order valence-corrected chi connectivity index (χ2v) is 5.46. The Hall–Kier alpha value is -0.240. The molecule has 6 nitrogen and oxygen atoms in total. The predicted molar refractivity (Wildman–Crippen MR) is 73.1 cm³/mol. The lowest BCUT2D eigenvalue weighted by molar-refractivity contribution is -0.419. The van der Waals surface area contributed by atoms with Crippen molar-refractivity contribution < 1.29 is 28.8 Å². The van der Waals surface area contributed by atoms with E-state index in [1.165, 1.54) is 0 Å². The van der Waals surface area contributed by atoms with E-state index in [1.54, 1.807) is 14.2 Å². The molecule has 20 heavy (non-hydrogen) atoms. The van der Waals surface area contributed by atoms with Crippen LogP contribution in [0.1, 0.15) is 33.6 Å². The van der Waals surface area contributed by atoms with Gasteiger partial charge in [-0.25, -0.2) is 0 Å². The van der Waals surface area contributed by atoms with E-state index in [0.717, 1.165) is 0 Å². The molecule has 0 aromatic heterocycles. The van der Waals surface area contributed by atoms with Crippen LogP contribution in [0.15, 0.2) is 0 Å². The van der Waals surface area contributed by atoms with Crippen molar-refractivity contribution in [3.8, 4) is 0 Å². The molecule has 120 valence electrons. The molecule has 1 N–H and O–H groups in total. The number of hydrogen-bond acceptors (Lipinski definition) is 6. The van der Waals surface area contributed by atoms with Gasteiger partial charge in [-0.1, -0.05) is 13.8 Å². The van der Waals surface area contributed by atoms with Gasteiger partial charge in [-0.05, 0) is 13.3 Å². The van der Waals surface area contributed by atoms with E-state index in [9.17, 15) is 5.11 Å². The Bertz CT molecular complexity index is 275. The van der Waals surface area contributed by atoms with Crippen LogP contribution in [0.4, 0.5) is 0 Å². The second kappa shape index (κ2) is 7.15. The molecular formula is C14H28O6. The molecular weight excluding hydrogens is 264 g/mol. The molecule has 1 fully saturated rings. The van der Waals surface area contributed by atoms with Crippen LogP contribution in [0.3, 0.4) is 0 Å². The minimum atomic E-state index is -1.01. The summed E-state index contributed by atoms with van der Waals surface area (Å²) in [7, 11) is 3.15. The highest BCUT2D eigenvalue weighted by Crippen LogP contribution is 2.34. The zero-order valence-corrected chi connectivity index (χ0v) is 13.2. The monoisotopic (exact) mass is 292 g/mol. The number of aliphatic hydroxyl groups excluding tert-OH is 1. The summed E-state index contributed by atoms with van der Waals surface area (Å²) in [5, 5.41) is 9.68. The Kier molecular flexibility index (Phi) is 6.37. The summed E-state index contributed by atoms with van der Waals surface area (Å²) in [6.07, 6.45) is 1.29. The average molecular weight is 292 g/mol. The Morgan fingerprint density at radius 2 is 1.80 bits per heavy atom. The molecule has 1 saturated heterocycles. The fourth-order valence-electron chi connectivity index (χ4n) is 1.91. The van der Waals surface area contributed by atoms with Crippen LogP contribution in [-0.2, 0) is 23.7 Å². The van der Waals surface area contributed by atoms with E-state index in [2.05, 4.69) is 0 Å². The van der Waals surface area contributed by atoms with Gasteiger partial charge in [0.15, 0.2) is 5.79 Å². The summed E-state index contributed by atoms with van der Waals surface area (Å²) < 4.78 is 27.8. The minimum absolute atomic E-state index is 0.0833. The van der Waals surface area contributed by atoms with Crippen LogP contribution in [0, 0.1) is 5.41 Å². The fraction of sp³-hybridized carbons (Fsp3) is 1.00. The van der Waals surface area contributed by atoms with Crippen molar-refractivity contribution in [2.75, 3.05) is 40.6 Å². The smallest absolute Gasteiger partial charge is 0.282 e. The molecule has 0 amide bonds. The Morgan fingerprint density at radius 3 is 2.15 bits per heavy atom. The standard InChI is InChI=1S/C14H28O6/c1-6-12(3,16-4)18-9-13(8-15)10-19-14(7-2,17-5)20-11-13/h15H,6-11H2,1-5H3. The van der Waals surface area contributed by atoms with Crippen molar-refractivity contribution in [3.63, 3.8) is 0 Å². The third-order valence-corrected chi connectivity index (χ3v) is 4.03. The van der Waals surface area contributed by atoms with Gasteiger partial charge < -0.3 is 28.8 Å². The molecule has 0 radical (unpaired) electrons. The first-order chi connectivity index (χ1) is 9.42. The predicted octanol–water partition coefficient (Wildman–Crippen LogP) is 1.51. The molecule has 1 unspecified atom stereocenters. The van der Waals surface area contributed by atoms with Crippen molar-refractivity contribution in [2.24, 2.45) is 5.41 Å². The molecule has 0 aliphatic carbocycles. The molecule has 0 saturated carbocycles. The lowest BCUT2D eigenvalue weighted by Gasteiger charge is -2.44. The maximum Gasteiger partial charge on any atom is 0.282 e. The number of rotatable bonds is 8.